The Kier molecular flexibility index (Phi) is 6.07. The van der Waals surface area contributed by atoms with Gasteiger partial charge < -0.3 is 14.7 Å². The molecule has 1 aliphatic rings. The van der Waals surface area contributed by atoms with Crippen LogP contribution in [0.25, 0.3) is 0 Å². The van der Waals surface area contributed by atoms with E-state index < -0.39 is 0 Å². The maximum Gasteiger partial charge on any atom is 0.165 e. The number of thioether (sulfide) groups is 1. The molecule has 2 heterocycles. The number of carbonyl (C=O) groups is 1. The Labute approximate surface area is 190 Å². The quantitative estimate of drug-likeness (QED) is 0.360. The molecule has 162 valence electrons. The summed E-state index contributed by atoms with van der Waals surface area (Å²) >= 11 is 1.62. The molecule has 1 atom stereocenters. The number of hydrogen-bond acceptors (Lipinski definition) is 5. The van der Waals surface area contributed by atoms with Crippen molar-refractivity contribution in [3.05, 3.63) is 95.3 Å². The van der Waals surface area contributed by atoms with Crippen molar-refractivity contribution in [1.29, 1.82) is 0 Å². The monoisotopic (exact) mass is 444 g/mol. The topological polar surface area (TPSA) is 83.7 Å². The highest BCUT2D eigenvalue weighted by molar-refractivity contribution is 7.98. The van der Waals surface area contributed by atoms with Crippen LogP contribution in [-0.4, -0.2) is 25.7 Å². The fourth-order valence-corrected chi connectivity index (χ4v) is 5.04. The molecule has 2 aromatic heterocycles. The lowest BCUT2D eigenvalue weighted by atomic mass is 9.87. The van der Waals surface area contributed by atoms with Gasteiger partial charge in [0.05, 0.1) is 0 Å². The summed E-state index contributed by atoms with van der Waals surface area (Å²) in [5.41, 5.74) is 4.11. The minimum Gasteiger partial charge on any atom is -0.485 e. The number of aromatic nitrogens is 4. The van der Waals surface area contributed by atoms with Crippen molar-refractivity contribution in [2.24, 2.45) is 0 Å². The van der Waals surface area contributed by atoms with Crippen LogP contribution in [0.3, 0.4) is 0 Å². The predicted molar refractivity (Wildman–Crippen MR) is 124 cm³/mol. The molecule has 0 bridgehead atoms. The zero-order valence-corrected chi connectivity index (χ0v) is 18.4. The van der Waals surface area contributed by atoms with E-state index in [-0.39, 0.29) is 11.9 Å². The molecular formula is C25H24N4O2S. The second-order valence-corrected chi connectivity index (χ2v) is 8.75. The van der Waals surface area contributed by atoms with Crippen molar-refractivity contribution < 1.29 is 9.53 Å². The van der Waals surface area contributed by atoms with Gasteiger partial charge in [0.2, 0.25) is 0 Å². The summed E-state index contributed by atoms with van der Waals surface area (Å²) in [4.78, 5) is 27.6. The smallest absolute Gasteiger partial charge is 0.165 e. The number of hydrogen-bond donors (Lipinski definition) is 2. The van der Waals surface area contributed by atoms with Gasteiger partial charge in [-0.25, -0.2) is 9.97 Å². The van der Waals surface area contributed by atoms with Gasteiger partial charge in [-0.2, -0.15) is 0 Å². The van der Waals surface area contributed by atoms with Gasteiger partial charge in [0, 0.05) is 54.5 Å². The van der Waals surface area contributed by atoms with Crippen LogP contribution < -0.4 is 4.74 Å². The molecule has 0 fully saturated rings. The third-order valence-electron chi connectivity index (χ3n) is 5.72. The number of imidazole rings is 2. The second kappa shape index (κ2) is 9.44. The molecule has 1 aliphatic carbocycles. The number of benzene rings is 2. The first kappa shape index (κ1) is 20.6. The van der Waals surface area contributed by atoms with Crippen molar-refractivity contribution in [1.82, 2.24) is 19.9 Å². The number of nitrogens with one attached hydrogen (secondary N) is 2. The summed E-state index contributed by atoms with van der Waals surface area (Å²) in [7, 11) is 0. The molecule has 0 radical (unpaired) electrons. The van der Waals surface area contributed by atoms with Gasteiger partial charge in [0.15, 0.2) is 10.9 Å². The molecule has 2 aromatic carbocycles. The van der Waals surface area contributed by atoms with E-state index in [2.05, 4.69) is 32.1 Å². The van der Waals surface area contributed by atoms with Gasteiger partial charge in [0.1, 0.15) is 17.7 Å². The Hall–Kier alpha value is -3.32. The molecule has 7 heteroatoms. The Balaban J connectivity index is 1.50. The minimum atomic E-state index is -0.202. The number of fused-ring (bicyclic) bond motifs is 1. The van der Waals surface area contributed by atoms with Crippen LogP contribution >= 0.6 is 11.8 Å². The largest absolute Gasteiger partial charge is 0.485 e. The lowest BCUT2D eigenvalue weighted by Crippen LogP contribution is -2.17. The average molecular weight is 445 g/mol. The third-order valence-corrected chi connectivity index (χ3v) is 6.65. The number of nitrogens with zero attached hydrogens (tertiary/aromatic N) is 2. The summed E-state index contributed by atoms with van der Waals surface area (Å²) in [6.07, 6.45) is 9.95. The minimum absolute atomic E-state index is 0.202. The Morgan fingerprint density at radius 2 is 1.84 bits per heavy atom. The molecule has 0 amide bonds. The van der Waals surface area contributed by atoms with Crippen LogP contribution in [0.15, 0.2) is 72.4 Å². The maximum absolute atomic E-state index is 12.6. The van der Waals surface area contributed by atoms with E-state index in [0.29, 0.717) is 18.6 Å². The molecular weight excluding hydrogens is 420 g/mol. The van der Waals surface area contributed by atoms with E-state index in [4.69, 9.17) is 4.74 Å². The molecule has 6 nitrogen and oxygen atoms in total. The highest BCUT2D eigenvalue weighted by Gasteiger charge is 2.25. The molecule has 0 aliphatic heterocycles. The summed E-state index contributed by atoms with van der Waals surface area (Å²) in [6.45, 7) is 0. The van der Waals surface area contributed by atoms with E-state index in [1.807, 2.05) is 42.7 Å². The lowest BCUT2D eigenvalue weighted by molar-refractivity contribution is 0.0972. The first-order valence-corrected chi connectivity index (χ1v) is 11.8. The van der Waals surface area contributed by atoms with Gasteiger partial charge in [-0.3, -0.25) is 4.79 Å². The Morgan fingerprint density at radius 3 is 2.62 bits per heavy atom. The molecule has 0 saturated heterocycles. The highest BCUT2D eigenvalue weighted by atomic mass is 32.2. The SMILES string of the molecule is O=C1CCCc2c1ccc(O[C@@H](Cc1ncc[nH]1)c1ccccc1)c2CSc1ncc[nH]1. The fourth-order valence-electron chi connectivity index (χ4n) is 4.15. The zero-order valence-electron chi connectivity index (χ0n) is 17.6. The lowest BCUT2D eigenvalue weighted by Gasteiger charge is -2.25. The van der Waals surface area contributed by atoms with Gasteiger partial charge in [0.25, 0.3) is 0 Å². The number of Topliss-reactive ketones (excluding diaryl/α,β-unsaturated/α-hetero) is 1. The summed E-state index contributed by atoms with van der Waals surface area (Å²) in [5, 5.41) is 0.853. The standard InChI is InChI=1S/C25H24N4O2S/c30-21-8-4-7-18-19(21)9-10-22(20(18)16-32-25-28-13-14-29-25)31-23(15-24-26-11-12-27-24)17-5-2-1-3-6-17/h1-3,5-6,9-14,23H,4,7-8,15-16H2,(H,26,27)(H,28,29)/t23-/m0/s1. The van der Waals surface area contributed by atoms with Crippen LogP contribution in [0.4, 0.5) is 0 Å². The summed E-state index contributed by atoms with van der Waals surface area (Å²) in [6, 6.07) is 14.1. The zero-order chi connectivity index (χ0) is 21.8. The summed E-state index contributed by atoms with van der Waals surface area (Å²) < 4.78 is 6.66. The van der Waals surface area contributed by atoms with E-state index in [9.17, 15) is 4.79 Å². The van der Waals surface area contributed by atoms with E-state index in [0.717, 1.165) is 51.8 Å². The Morgan fingerprint density at radius 1 is 1.00 bits per heavy atom. The van der Waals surface area contributed by atoms with Crippen molar-refractivity contribution in [2.75, 3.05) is 0 Å². The van der Waals surface area contributed by atoms with Crippen molar-refractivity contribution in [3.8, 4) is 5.75 Å². The van der Waals surface area contributed by atoms with E-state index in [1.165, 1.54) is 0 Å². The number of carbonyl (C=O) groups excluding carboxylic acids is 1. The normalized spacial score (nSPS) is 14.2. The van der Waals surface area contributed by atoms with Crippen LogP contribution in [0.5, 0.6) is 5.75 Å². The highest BCUT2D eigenvalue weighted by Crippen LogP contribution is 2.37. The van der Waals surface area contributed by atoms with Crippen LogP contribution in [-0.2, 0) is 18.6 Å². The number of ketones is 1. The molecule has 0 spiro atoms. The van der Waals surface area contributed by atoms with Crippen LogP contribution in [0, 0.1) is 0 Å². The fraction of sp³-hybridized carbons (Fsp3) is 0.240. The van der Waals surface area contributed by atoms with Crippen LogP contribution in [0.1, 0.15) is 51.8 Å². The first-order chi connectivity index (χ1) is 15.8. The molecule has 0 unspecified atom stereocenters. The van der Waals surface area contributed by atoms with Gasteiger partial charge >= 0.3 is 0 Å². The van der Waals surface area contributed by atoms with Crippen molar-refractivity contribution in [2.45, 2.75) is 42.7 Å². The average Bonchev–Trinajstić information content (AvgIpc) is 3.53. The van der Waals surface area contributed by atoms with E-state index in [1.54, 1.807) is 24.2 Å². The summed E-state index contributed by atoms with van der Waals surface area (Å²) in [5.74, 6) is 2.59. The second-order valence-electron chi connectivity index (χ2n) is 7.79. The molecule has 32 heavy (non-hydrogen) atoms. The van der Waals surface area contributed by atoms with Crippen LogP contribution in [0.2, 0.25) is 0 Å². The number of rotatable bonds is 8. The van der Waals surface area contributed by atoms with E-state index >= 15 is 0 Å². The van der Waals surface area contributed by atoms with Crippen molar-refractivity contribution in [3.63, 3.8) is 0 Å². The molecule has 0 saturated carbocycles. The molecule has 2 N–H and O–H groups in total. The van der Waals surface area contributed by atoms with Gasteiger partial charge in [-0.05, 0) is 36.1 Å². The molecule has 4 aromatic rings. The predicted octanol–water partition coefficient (Wildman–Crippen LogP) is 5.31. The third kappa shape index (κ3) is 4.48. The van der Waals surface area contributed by atoms with Gasteiger partial charge in [-0.1, -0.05) is 42.1 Å². The number of aromatic amines is 2. The Bertz CT molecular complexity index is 1170. The maximum atomic E-state index is 12.6. The number of ether oxygens (including phenoxy) is 1. The number of H-pyrrole nitrogens is 2. The van der Waals surface area contributed by atoms with Gasteiger partial charge in [-0.15, -0.1) is 0 Å². The molecule has 5 rings (SSSR count). The van der Waals surface area contributed by atoms with Crippen molar-refractivity contribution >= 4 is 17.5 Å². The first-order valence-electron chi connectivity index (χ1n) is 10.8.